The Hall–Kier alpha value is -4.14. The summed E-state index contributed by atoms with van der Waals surface area (Å²) in [5.41, 5.74) is 4.47. The standard InChI is InChI=1S/C25H27N7O2/c1-17-22-18(2)32(20-7-5-4-6-8-20)29-23(22)24(28-27-17)30-13-15-31(16-14-30)25(33)26-19-9-11-21(34-3)12-10-19/h4-12H,13-16H2,1-3H3,(H,26,33). The lowest BCUT2D eigenvalue weighted by Crippen LogP contribution is -2.50. The quantitative estimate of drug-likeness (QED) is 0.502. The Kier molecular flexibility index (Phi) is 5.75. The van der Waals surface area contributed by atoms with Gasteiger partial charge in [0, 0.05) is 31.9 Å². The van der Waals surface area contributed by atoms with Crippen molar-refractivity contribution >= 4 is 28.4 Å². The smallest absolute Gasteiger partial charge is 0.321 e. The van der Waals surface area contributed by atoms with Gasteiger partial charge in [-0.15, -0.1) is 5.10 Å². The van der Waals surface area contributed by atoms with E-state index in [1.165, 1.54) is 0 Å². The Labute approximate surface area is 198 Å². The molecule has 0 saturated carbocycles. The van der Waals surface area contributed by atoms with E-state index in [1.807, 2.05) is 71.1 Å². The summed E-state index contributed by atoms with van der Waals surface area (Å²) in [6.45, 7) is 6.49. The van der Waals surface area contributed by atoms with E-state index in [-0.39, 0.29) is 6.03 Å². The molecule has 0 spiro atoms. The number of carbonyl (C=O) groups excluding carboxylic acids is 1. The molecule has 0 unspecified atom stereocenters. The molecule has 5 rings (SSSR count). The van der Waals surface area contributed by atoms with Gasteiger partial charge in [-0.05, 0) is 50.2 Å². The second-order valence-corrected chi connectivity index (χ2v) is 8.30. The van der Waals surface area contributed by atoms with Crippen molar-refractivity contribution in [3.63, 3.8) is 0 Å². The number of fused-ring (bicyclic) bond motifs is 1. The number of ether oxygens (including phenoxy) is 1. The fraction of sp³-hybridized carbons (Fsp3) is 0.280. The van der Waals surface area contributed by atoms with E-state index in [0.717, 1.165) is 45.2 Å². The van der Waals surface area contributed by atoms with Gasteiger partial charge in [0.05, 0.1) is 29.6 Å². The number of piperazine rings is 1. The van der Waals surface area contributed by atoms with Gasteiger partial charge in [0.15, 0.2) is 5.82 Å². The van der Waals surface area contributed by atoms with Gasteiger partial charge in [-0.2, -0.15) is 10.2 Å². The summed E-state index contributed by atoms with van der Waals surface area (Å²) in [5, 5.41) is 17.8. The van der Waals surface area contributed by atoms with Crippen LogP contribution in [0.1, 0.15) is 11.4 Å². The number of hydrogen-bond donors (Lipinski definition) is 1. The Morgan fingerprint density at radius 2 is 1.65 bits per heavy atom. The average Bonchev–Trinajstić information content (AvgIpc) is 3.23. The highest BCUT2D eigenvalue weighted by Crippen LogP contribution is 2.29. The molecule has 1 saturated heterocycles. The molecule has 174 valence electrons. The van der Waals surface area contributed by atoms with Crippen molar-refractivity contribution in [1.29, 1.82) is 0 Å². The van der Waals surface area contributed by atoms with E-state index >= 15 is 0 Å². The fourth-order valence-corrected chi connectivity index (χ4v) is 4.34. The van der Waals surface area contributed by atoms with E-state index in [9.17, 15) is 4.79 Å². The zero-order valence-electron chi connectivity index (χ0n) is 19.5. The number of nitrogens with one attached hydrogen (secondary N) is 1. The third-order valence-corrected chi connectivity index (χ3v) is 6.19. The molecule has 2 amide bonds. The maximum atomic E-state index is 12.7. The lowest BCUT2D eigenvalue weighted by molar-refractivity contribution is 0.208. The first-order valence-corrected chi connectivity index (χ1v) is 11.3. The number of para-hydroxylation sites is 1. The maximum Gasteiger partial charge on any atom is 0.321 e. The molecule has 34 heavy (non-hydrogen) atoms. The molecule has 4 aromatic rings. The molecule has 1 aliphatic heterocycles. The van der Waals surface area contributed by atoms with Crippen LogP contribution in [-0.4, -0.2) is 64.2 Å². The molecule has 0 bridgehead atoms. The Bertz CT molecular complexity index is 1310. The van der Waals surface area contributed by atoms with Gasteiger partial charge >= 0.3 is 6.03 Å². The van der Waals surface area contributed by atoms with Crippen LogP contribution in [0.15, 0.2) is 54.6 Å². The topological polar surface area (TPSA) is 88.4 Å². The van der Waals surface area contributed by atoms with Crippen molar-refractivity contribution in [2.45, 2.75) is 13.8 Å². The molecule has 2 aromatic carbocycles. The van der Waals surface area contributed by atoms with Crippen molar-refractivity contribution in [3.8, 4) is 11.4 Å². The number of amides is 2. The molecular formula is C25H27N7O2. The predicted molar refractivity (Wildman–Crippen MR) is 132 cm³/mol. The molecule has 3 heterocycles. The van der Waals surface area contributed by atoms with Crippen LogP contribution in [0.2, 0.25) is 0 Å². The van der Waals surface area contributed by atoms with Gasteiger partial charge < -0.3 is 19.9 Å². The number of methoxy groups -OCH3 is 1. The predicted octanol–water partition coefficient (Wildman–Crippen LogP) is 3.80. The van der Waals surface area contributed by atoms with Gasteiger partial charge in [0.25, 0.3) is 0 Å². The second kappa shape index (κ2) is 9.01. The number of rotatable bonds is 4. The van der Waals surface area contributed by atoms with Crippen molar-refractivity contribution in [2.24, 2.45) is 0 Å². The number of carbonyl (C=O) groups is 1. The number of anilines is 2. The second-order valence-electron chi connectivity index (χ2n) is 8.30. The summed E-state index contributed by atoms with van der Waals surface area (Å²) in [5.74, 6) is 1.51. The van der Waals surface area contributed by atoms with Crippen LogP contribution in [-0.2, 0) is 0 Å². The lowest BCUT2D eigenvalue weighted by Gasteiger charge is -2.35. The monoisotopic (exact) mass is 457 g/mol. The van der Waals surface area contributed by atoms with Crippen LogP contribution in [0, 0.1) is 13.8 Å². The van der Waals surface area contributed by atoms with E-state index in [4.69, 9.17) is 9.84 Å². The zero-order valence-corrected chi connectivity index (χ0v) is 19.5. The molecular weight excluding hydrogens is 430 g/mol. The van der Waals surface area contributed by atoms with Gasteiger partial charge in [-0.1, -0.05) is 18.2 Å². The highest BCUT2D eigenvalue weighted by Gasteiger charge is 2.26. The van der Waals surface area contributed by atoms with E-state index in [0.29, 0.717) is 26.2 Å². The van der Waals surface area contributed by atoms with Gasteiger partial charge in [0.1, 0.15) is 11.3 Å². The number of nitrogens with zero attached hydrogens (tertiary/aromatic N) is 6. The number of aryl methyl sites for hydroxylation is 2. The summed E-state index contributed by atoms with van der Waals surface area (Å²) in [7, 11) is 1.62. The molecule has 1 N–H and O–H groups in total. The van der Waals surface area contributed by atoms with Crippen molar-refractivity contribution in [3.05, 3.63) is 66.0 Å². The molecule has 1 aliphatic rings. The maximum absolute atomic E-state index is 12.7. The minimum absolute atomic E-state index is 0.117. The summed E-state index contributed by atoms with van der Waals surface area (Å²) >= 11 is 0. The van der Waals surface area contributed by atoms with Crippen molar-refractivity contribution in [2.75, 3.05) is 43.5 Å². The lowest BCUT2D eigenvalue weighted by atomic mass is 10.2. The van der Waals surface area contributed by atoms with Crippen LogP contribution in [0.3, 0.4) is 0 Å². The SMILES string of the molecule is COc1ccc(NC(=O)N2CCN(c3nnc(C)c4c(C)n(-c5ccccc5)nc34)CC2)cc1. The normalized spacial score (nSPS) is 13.9. The zero-order chi connectivity index (χ0) is 23.7. The van der Waals surface area contributed by atoms with Crippen LogP contribution < -0.4 is 15.0 Å². The van der Waals surface area contributed by atoms with Crippen molar-refractivity contribution in [1.82, 2.24) is 24.9 Å². The summed E-state index contributed by atoms with van der Waals surface area (Å²) < 4.78 is 7.12. The van der Waals surface area contributed by atoms with Crippen LogP contribution >= 0.6 is 0 Å². The molecule has 0 aliphatic carbocycles. The highest BCUT2D eigenvalue weighted by atomic mass is 16.5. The minimum atomic E-state index is -0.117. The van der Waals surface area contributed by atoms with Crippen LogP contribution in [0.5, 0.6) is 5.75 Å². The molecule has 9 heteroatoms. The third-order valence-electron chi connectivity index (χ3n) is 6.19. The molecule has 2 aromatic heterocycles. The largest absolute Gasteiger partial charge is 0.497 e. The third kappa shape index (κ3) is 4.00. The Morgan fingerprint density at radius 1 is 0.941 bits per heavy atom. The van der Waals surface area contributed by atoms with Gasteiger partial charge in [-0.3, -0.25) is 0 Å². The molecule has 1 fully saturated rings. The average molecular weight is 458 g/mol. The number of benzene rings is 2. The summed E-state index contributed by atoms with van der Waals surface area (Å²) in [6, 6.07) is 17.3. The molecule has 0 radical (unpaired) electrons. The number of aromatic nitrogens is 4. The van der Waals surface area contributed by atoms with Crippen LogP contribution in [0.25, 0.3) is 16.6 Å². The minimum Gasteiger partial charge on any atom is -0.497 e. The van der Waals surface area contributed by atoms with E-state index in [2.05, 4.69) is 27.3 Å². The van der Waals surface area contributed by atoms with Gasteiger partial charge in [0.2, 0.25) is 0 Å². The first-order chi connectivity index (χ1) is 16.5. The summed E-state index contributed by atoms with van der Waals surface area (Å²) in [6.07, 6.45) is 0. The first-order valence-electron chi connectivity index (χ1n) is 11.3. The number of hydrogen-bond acceptors (Lipinski definition) is 6. The number of urea groups is 1. The first kappa shape index (κ1) is 21.7. The Balaban J connectivity index is 1.33. The molecule has 0 atom stereocenters. The van der Waals surface area contributed by atoms with E-state index in [1.54, 1.807) is 7.11 Å². The summed E-state index contributed by atoms with van der Waals surface area (Å²) in [4.78, 5) is 16.7. The van der Waals surface area contributed by atoms with Crippen molar-refractivity contribution < 1.29 is 9.53 Å². The molecule has 9 nitrogen and oxygen atoms in total. The van der Waals surface area contributed by atoms with Gasteiger partial charge in [-0.25, -0.2) is 9.48 Å². The Morgan fingerprint density at radius 3 is 2.32 bits per heavy atom. The van der Waals surface area contributed by atoms with E-state index < -0.39 is 0 Å². The highest BCUT2D eigenvalue weighted by molar-refractivity contribution is 5.93. The van der Waals surface area contributed by atoms with Crippen LogP contribution in [0.4, 0.5) is 16.3 Å². The fourth-order valence-electron chi connectivity index (χ4n) is 4.34.